The molecule has 1 aliphatic rings. The Morgan fingerprint density at radius 2 is 2.11 bits per heavy atom. The number of carbonyl (C=O) groups is 1. The lowest BCUT2D eigenvalue weighted by Crippen LogP contribution is -2.27. The van der Waals surface area contributed by atoms with Gasteiger partial charge in [0, 0.05) is 33.1 Å². The van der Waals surface area contributed by atoms with Gasteiger partial charge in [0.05, 0.1) is 11.4 Å². The van der Waals surface area contributed by atoms with Gasteiger partial charge in [-0.05, 0) is 25.0 Å². The van der Waals surface area contributed by atoms with E-state index in [2.05, 4.69) is 27.7 Å². The molecule has 1 aromatic rings. The van der Waals surface area contributed by atoms with E-state index >= 15 is 0 Å². The number of amides is 1. The molecule has 4 heteroatoms. The van der Waals surface area contributed by atoms with Crippen LogP contribution in [0.3, 0.4) is 0 Å². The van der Waals surface area contributed by atoms with Gasteiger partial charge in [-0.15, -0.1) is 0 Å². The molecule has 2 rings (SSSR count). The number of para-hydroxylation sites is 2. The van der Waals surface area contributed by atoms with Crippen LogP contribution in [0.5, 0.6) is 0 Å². The van der Waals surface area contributed by atoms with Gasteiger partial charge in [-0.3, -0.25) is 4.79 Å². The molecule has 18 heavy (non-hydrogen) atoms. The maximum atomic E-state index is 11.5. The molecule has 0 bridgehead atoms. The summed E-state index contributed by atoms with van der Waals surface area (Å²) in [7, 11) is 4.06. The maximum absolute atomic E-state index is 11.5. The van der Waals surface area contributed by atoms with Gasteiger partial charge >= 0.3 is 0 Å². The van der Waals surface area contributed by atoms with Crippen LogP contribution >= 0.6 is 0 Å². The Balaban J connectivity index is 2.10. The fourth-order valence-corrected chi connectivity index (χ4v) is 2.30. The van der Waals surface area contributed by atoms with Gasteiger partial charge < -0.3 is 15.5 Å². The Hall–Kier alpha value is -1.71. The van der Waals surface area contributed by atoms with Crippen molar-refractivity contribution in [1.82, 2.24) is 5.32 Å². The molecule has 1 amide bonds. The third-order valence-electron chi connectivity index (χ3n) is 3.23. The number of hydrogen-bond donors (Lipinski definition) is 2. The van der Waals surface area contributed by atoms with Crippen LogP contribution in [0.2, 0.25) is 0 Å². The molecule has 1 aromatic carbocycles. The van der Waals surface area contributed by atoms with E-state index in [1.165, 1.54) is 0 Å². The van der Waals surface area contributed by atoms with Gasteiger partial charge in [0.15, 0.2) is 0 Å². The van der Waals surface area contributed by atoms with Crippen molar-refractivity contribution in [1.29, 1.82) is 0 Å². The maximum Gasteiger partial charge on any atom is 0.222 e. The van der Waals surface area contributed by atoms with Gasteiger partial charge in [0.1, 0.15) is 0 Å². The van der Waals surface area contributed by atoms with Crippen molar-refractivity contribution in [2.75, 3.05) is 30.9 Å². The smallest absolute Gasteiger partial charge is 0.222 e. The standard InChI is InChI=1S/C14H21N3O/c1-17(2)13-8-4-3-7-12(13)16-11-6-5-9-15-14(18)10-11/h3-4,7-8,11,16H,5-6,9-10H2,1-2H3,(H,15,18). The summed E-state index contributed by atoms with van der Waals surface area (Å²) in [6, 6.07) is 8.43. The predicted molar refractivity (Wildman–Crippen MR) is 75.0 cm³/mol. The van der Waals surface area contributed by atoms with Crippen molar-refractivity contribution in [3.05, 3.63) is 24.3 Å². The zero-order valence-corrected chi connectivity index (χ0v) is 11.1. The fourth-order valence-electron chi connectivity index (χ4n) is 2.30. The number of benzene rings is 1. The molecular weight excluding hydrogens is 226 g/mol. The van der Waals surface area contributed by atoms with E-state index in [9.17, 15) is 4.79 Å². The largest absolute Gasteiger partial charge is 0.380 e. The molecule has 0 radical (unpaired) electrons. The first-order valence-electron chi connectivity index (χ1n) is 6.46. The van der Waals surface area contributed by atoms with Crippen LogP contribution in [0.25, 0.3) is 0 Å². The number of anilines is 2. The Morgan fingerprint density at radius 3 is 2.89 bits per heavy atom. The Morgan fingerprint density at radius 1 is 1.33 bits per heavy atom. The lowest BCUT2D eigenvalue weighted by Gasteiger charge is -2.22. The van der Waals surface area contributed by atoms with E-state index in [4.69, 9.17) is 0 Å². The highest BCUT2D eigenvalue weighted by molar-refractivity contribution is 5.78. The van der Waals surface area contributed by atoms with Crippen molar-refractivity contribution in [3.8, 4) is 0 Å². The average Bonchev–Trinajstić information content (AvgIpc) is 2.54. The number of rotatable bonds is 3. The second-order valence-corrected chi connectivity index (χ2v) is 4.95. The minimum absolute atomic E-state index is 0.146. The number of hydrogen-bond acceptors (Lipinski definition) is 3. The summed E-state index contributed by atoms with van der Waals surface area (Å²) in [4.78, 5) is 13.6. The monoisotopic (exact) mass is 247 g/mol. The van der Waals surface area contributed by atoms with E-state index in [0.717, 1.165) is 30.8 Å². The highest BCUT2D eigenvalue weighted by Crippen LogP contribution is 2.25. The van der Waals surface area contributed by atoms with Crippen LogP contribution in [-0.4, -0.2) is 32.6 Å². The first-order valence-corrected chi connectivity index (χ1v) is 6.46. The zero-order chi connectivity index (χ0) is 13.0. The first-order chi connectivity index (χ1) is 8.66. The molecule has 1 aliphatic heterocycles. The first kappa shape index (κ1) is 12.7. The van der Waals surface area contributed by atoms with Crippen molar-refractivity contribution in [2.45, 2.75) is 25.3 Å². The van der Waals surface area contributed by atoms with E-state index in [1.54, 1.807) is 0 Å². The summed E-state index contributed by atoms with van der Waals surface area (Å²) in [5.41, 5.74) is 2.25. The van der Waals surface area contributed by atoms with Gasteiger partial charge in [0.2, 0.25) is 5.91 Å². The Bertz CT molecular complexity index is 417. The van der Waals surface area contributed by atoms with Crippen LogP contribution in [-0.2, 0) is 4.79 Å². The van der Waals surface area contributed by atoms with Crippen molar-refractivity contribution >= 4 is 17.3 Å². The summed E-state index contributed by atoms with van der Waals surface area (Å²) in [5, 5.41) is 6.41. The number of carbonyl (C=O) groups excluding carboxylic acids is 1. The minimum Gasteiger partial charge on any atom is -0.380 e. The van der Waals surface area contributed by atoms with Gasteiger partial charge in [-0.2, -0.15) is 0 Å². The van der Waals surface area contributed by atoms with Crippen molar-refractivity contribution in [3.63, 3.8) is 0 Å². The molecule has 1 heterocycles. The van der Waals surface area contributed by atoms with Crippen LogP contribution in [0.1, 0.15) is 19.3 Å². The third-order valence-corrected chi connectivity index (χ3v) is 3.23. The van der Waals surface area contributed by atoms with Gasteiger partial charge in [0.25, 0.3) is 0 Å². The van der Waals surface area contributed by atoms with Crippen LogP contribution in [0, 0.1) is 0 Å². The summed E-state index contributed by atoms with van der Waals surface area (Å²) < 4.78 is 0. The van der Waals surface area contributed by atoms with E-state index < -0.39 is 0 Å². The molecule has 0 saturated carbocycles. The van der Waals surface area contributed by atoms with E-state index in [1.807, 2.05) is 26.2 Å². The van der Waals surface area contributed by atoms with Crippen molar-refractivity contribution in [2.24, 2.45) is 0 Å². The molecule has 1 unspecified atom stereocenters. The quantitative estimate of drug-likeness (QED) is 0.856. The normalized spacial score (nSPS) is 19.9. The minimum atomic E-state index is 0.146. The zero-order valence-electron chi connectivity index (χ0n) is 11.1. The van der Waals surface area contributed by atoms with Gasteiger partial charge in [-0.25, -0.2) is 0 Å². The lowest BCUT2D eigenvalue weighted by molar-refractivity contribution is -0.120. The third kappa shape index (κ3) is 3.15. The Kier molecular flexibility index (Phi) is 4.07. The summed E-state index contributed by atoms with van der Waals surface area (Å²) >= 11 is 0. The molecule has 1 fully saturated rings. The highest BCUT2D eigenvalue weighted by Gasteiger charge is 2.18. The number of nitrogens with zero attached hydrogens (tertiary/aromatic N) is 1. The predicted octanol–water partition coefficient (Wildman–Crippen LogP) is 1.83. The highest BCUT2D eigenvalue weighted by atomic mass is 16.1. The topological polar surface area (TPSA) is 44.4 Å². The molecule has 0 spiro atoms. The summed E-state index contributed by atoms with van der Waals surface area (Å²) in [6.07, 6.45) is 2.62. The van der Waals surface area contributed by atoms with Crippen molar-refractivity contribution < 1.29 is 4.79 Å². The second kappa shape index (κ2) is 5.76. The SMILES string of the molecule is CN(C)c1ccccc1NC1CCCNC(=O)C1. The molecule has 0 aliphatic carbocycles. The molecule has 98 valence electrons. The van der Waals surface area contributed by atoms with E-state index in [-0.39, 0.29) is 11.9 Å². The summed E-state index contributed by atoms with van der Waals surface area (Å²) in [5.74, 6) is 0.146. The molecule has 0 aromatic heterocycles. The summed E-state index contributed by atoms with van der Waals surface area (Å²) in [6.45, 7) is 0.798. The molecule has 4 nitrogen and oxygen atoms in total. The molecular formula is C14H21N3O. The Labute approximate surface area is 108 Å². The number of nitrogens with one attached hydrogen (secondary N) is 2. The molecule has 2 N–H and O–H groups in total. The molecule has 1 saturated heterocycles. The second-order valence-electron chi connectivity index (χ2n) is 4.95. The average molecular weight is 247 g/mol. The van der Waals surface area contributed by atoms with Crippen LogP contribution < -0.4 is 15.5 Å². The fraction of sp³-hybridized carbons (Fsp3) is 0.500. The lowest BCUT2D eigenvalue weighted by atomic mass is 10.1. The van der Waals surface area contributed by atoms with E-state index in [0.29, 0.717) is 6.42 Å². The van der Waals surface area contributed by atoms with Gasteiger partial charge in [-0.1, -0.05) is 12.1 Å². The molecule has 1 atom stereocenters. The van der Waals surface area contributed by atoms with Crippen LogP contribution in [0.4, 0.5) is 11.4 Å². The van der Waals surface area contributed by atoms with Crippen LogP contribution in [0.15, 0.2) is 24.3 Å².